The number of rotatable bonds is 8. The highest BCUT2D eigenvalue weighted by atomic mass is 19.3. The van der Waals surface area contributed by atoms with Crippen molar-refractivity contribution in [2.75, 3.05) is 13.2 Å². The van der Waals surface area contributed by atoms with E-state index in [4.69, 9.17) is 0 Å². The van der Waals surface area contributed by atoms with Crippen LogP contribution < -0.4 is 5.32 Å². The summed E-state index contributed by atoms with van der Waals surface area (Å²) in [5.41, 5.74) is -0.178. The zero-order chi connectivity index (χ0) is 13.6. The van der Waals surface area contributed by atoms with E-state index >= 15 is 0 Å². The number of imidazole rings is 1. The number of nitrogens with one attached hydrogen (secondary N) is 1. The summed E-state index contributed by atoms with van der Waals surface area (Å²) in [5.74, 6) is 0.309. The molecule has 0 fully saturated rings. The zero-order valence-corrected chi connectivity index (χ0v) is 10.9. The molecule has 0 aliphatic rings. The van der Waals surface area contributed by atoms with E-state index < -0.39 is 6.55 Å². The molecule has 1 aromatic heterocycles. The van der Waals surface area contributed by atoms with Crippen LogP contribution in [0.1, 0.15) is 39.1 Å². The second-order valence-electron chi connectivity index (χ2n) is 4.50. The molecule has 0 amide bonds. The first-order valence-corrected chi connectivity index (χ1v) is 6.20. The first kappa shape index (κ1) is 15.0. The van der Waals surface area contributed by atoms with E-state index in [1.54, 1.807) is 0 Å². The second-order valence-corrected chi connectivity index (χ2v) is 4.50. The number of aliphatic hydroxyl groups excluding tert-OH is 1. The predicted octanol–water partition coefficient (Wildman–Crippen LogP) is 2.17. The summed E-state index contributed by atoms with van der Waals surface area (Å²) in [7, 11) is 0. The van der Waals surface area contributed by atoms with Crippen molar-refractivity contribution in [1.29, 1.82) is 0 Å². The maximum Gasteiger partial charge on any atom is 0.319 e. The molecule has 0 spiro atoms. The van der Waals surface area contributed by atoms with Crippen LogP contribution in [0.2, 0.25) is 0 Å². The van der Waals surface area contributed by atoms with E-state index in [1.165, 1.54) is 12.4 Å². The first-order valence-electron chi connectivity index (χ1n) is 6.20. The van der Waals surface area contributed by atoms with E-state index in [-0.39, 0.29) is 18.6 Å². The van der Waals surface area contributed by atoms with Gasteiger partial charge in [0.05, 0.1) is 6.54 Å². The van der Waals surface area contributed by atoms with Crippen LogP contribution in [-0.4, -0.2) is 27.8 Å². The lowest BCUT2D eigenvalue weighted by atomic mass is 9.83. The van der Waals surface area contributed by atoms with Crippen molar-refractivity contribution < 1.29 is 13.9 Å². The fourth-order valence-corrected chi connectivity index (χ4v) is 1.88. The Morgan fingerprint density at radius 3 is 2.61 bits per heavy atom. The molecule has 2 N–H and O–H groups in total. The number of aromatic nitrogens is 2. The average molecular weight is 261 g/mol. The quantitative estimate of drug-likeness (QED) is 0.754. The van der Waals surface area contributed by atoms with Gasteiger partial charge in [0.25, 0.3) is 0 Å². The molecule has 0 radical (unpaired) electrons. The van der Waals surface area contributed by atoms with Gasteiger partial charge in [0.1, 0.15) is 5.82 Å². The van der Waals surface area contributed by atoms with Gasteiger partial charge < -0.3 is 10.4 Å². The second kappa shape index (κ2) is 6.80. The number of aliphatic hydroxyl groups is 1. The van der Waals surface area contributed by atoms with Crippen LogP contribution in [0.4, 0.5) is 8.78 Å². The Balaban J connectivity index is 2.53. The van der Waals surface area contributed by atoms with Crippen molar-refractivity contribution in [2.24, 2.45) is 5.41 Å². The van der Waals surface area contributed by atoms with Crippen molar-refractivity contribution >= 4 is 0 Å². The van der Waals surface area contributed by atoms with E-state index in [9.17, 15) is 13.9 Å². The summed E-state index contributed by atoms with van der Waals surface area (Å²) in [6, 6.07) is 0. The molecule has 1 rings (SSSR count). The van der Waals surface area contributed by atoms with E-state index in [2.05, 4.69) is 10.3 Å². The standard InChI is InChI=1S/C12H21F2N3O/c1-3-12(4-2,9-18)8-15-7-10-16-5-6-17(10)11(13)14/h5-6,11,15,18H,3-4,7-9H2,1-2H3. The van der Waals surface area contributed by atoms with Gasteiger partial charge in [0, 0.05) is 31.0 Å². The van der Waals surface area contributed by atoms with Gasteiger partial charge in [-0.2, -0.15) is 8.78 Å². The highest BCUT2D eigenvalue weighted by Gasteiger charge is 2.24. The van der Waals surface area contributed by atoms with Crippen LogP contribution in [0.15, 0.2) is 12.4 Å². The minimum Gasteiger partial charge on any atom is -0.396 e. The molecule has 0 aromatic carbocycles. The molecule has 6 heteroatoms. The SMILES string of the molecule is CCC(CC)(CO)CNCc1nccn1C(F)F. The Hall–Kier alpha value is -1.01. The molecule has 0 bridgehead atoms. The van der Waals surface area contributed by atoms with Gasteiger partial charge in [-0.1, -0.05) is 13.8 Å². The van der Waals surface area contributed by atoms with E-state index in [0.717, 1.165) is 17.4 Å². The number of hydrogen-bond acceptors (Lipinski definition) is 3. The maximum absolute atomic E-state index is 12.6. The van der Waals surface area contributed by atoms with Gasteiger partial charge in [-0.3, -0.25) is 4.57 Å². The van der Waals surface area contributed by atoms with Gasteiger partial charge in [-0.15, -0.1) is 0 Å². The monoisotopic (exact) mass is 261 g/mol. The van der Waals surface area contributed by atoms with Crippen molar-refractivity contribution in [1.82, 2.24) is 14.9 Å². The zero-order valence-electron chi connectivity index (χ0n) is 10.9. The maximum atomic E-state index is 12.6. The number of halogens is 2. The smallest absolute Gasteiger partial charge is 0.319 e. The fraction of sp³-hybridized carbons (Fsp3) is 0.750. The third-order valence-corrected chi connectivity index (χ3v) is 3.58. The molecular formula is C12H21F2N3O. The summed E-state index contributed by atoms with van der Waals surface area (Å²) >= 11 is 0. The lowest BCUT2D eigenvalue weighted by molar-refractivity contribution is 0.0658. The van der Waals surface area contributed by atoms with Crippen LogP contribution >= 0.6 is 0 Å². The van der Waals surface area contributed by atoms with E-state index in [1.807, 2.05) is 13.8 Å². The van der Waals surface area contributed by atoms with Gasteiger partial charge in [-0.25, -0.2) is 4.98 Å². The summed E-state index contributed by atoms with van der Waals surface area (Å²) in [6.45, 7) is 2.43. The molecule has 0 aliphatic heterocycles. The van der Waals surface area contributed by atoms with Crippen molar-refractivity contribution in [3.8, 4) is 0 Å². The minimum atomic E-state index is -2.57. The lowest BCUT2D eigenvalue weighted by Gasteiger charge is -2.29. The normalized spacial score (nSPS) is 12.3. The Kier molecular flexibility index (Phi) is 5.68. The predicted molar refractivity (Wildman–Crippen MR) is 65.3 cm³/mol. The van der Waals surface area contributed by atoms with Crippen LogP contribution in [0.25, 0.3) is 0 Å². The minimum absolute atomic E-state index is 0.0935. The molecule has 0 atom stereocenters. The number of nitrogens with zero attached hydrogens (tertiary/aromatic N) is 2. The number of hydrogen-bond donors (Lipinski definition) is 2. The van der Waals surface area contributed by atoms with Crippen molar-refractivity contribution in [2.45, 2.75) is 39.8 Å². The third-order valence-electron chi connectivity index (χ3n) is 3.58. The Morgan fingerprint density at radius 2 is 2.11 bits per heavy atom. The highest BCUT2D eigenvalue weighted by molar-refractivity contribution is 4.93. The van der Waals surface area contributed by atoms with Gasteiger partial charge in [0.15, 0.2) is 0 Å². The molecule has 0 saturated carbocycles. The van der Waals surface area contributed by atoms with Gasteiger partial charge in [-0.05, 0) is 12.8 Å². The molecule has 104 valence electrons. The Morgan fingerprint density at radius 1 is 1.44 bits per heavy atom. The fourth-order valence-electron chi connectivity index (χ4n) is 1.88. The van der Waals surface area contributed by atoms with Crippen molar-refractivity contribution in [3.05, 3.63) is 18.2 Å². The van der Waals surface area contributed by atoms with E-state index in [0.29, 0.717) is 12.4 Å². The molecule has 1 aromatic rings. The van der Waals surface area contributed by atoms with Crippen LogP contribution in [0.3, 0.4) is 0 Å². The molecule has 4 nitrogen and oxygen atoms in total. The number of alkyl halides is 2. The summed E-state index contributed by atoms with van der Waals surface area (Å²) in [6.07, 6.45) is 4.31. The highest BCUT2D eigenvalue weighted by Crippen LogP contribution is 2.24. The van der Waals surface area contributed by atoms with Crippen molar-refractivity contribution in [3.63, 3.8) is 0 Å². The average Bonchev–Trinajstić information content (AvgIpc) is 2.84. The largest absolute Gasteiger partial charge is 0.396 e. The third kappa shape index (κ3) is 3.49. The summed E-state index contributed by atoms with van der Waals surface area (Å²) in [5, 5.41) is 12.5. The van der Waals surface area contributed by atoms with Crippen LogP contribution in [0.5, 0.6) is 0 Å². The first-order chi connectivity index (χ1) is 8.58. The molecule has 1 heterocycles. The molecular weight excluding hydrogens is 240 g/mol. The van der Waals surface area contributed by atoms with Crippen LogP contribution in [0, 0.1) is 5.41 Å². The van der Waals surface area contributed by atoms with Crippen LogP contribution in [-0.2, 0) is 6.54 Å². The lowest BCUT2D eigenvalue weighted by Crippen LogP contribution is -2.36. The Bertz CT molecular complexity index is 343. The van der Waals surface area contributed by atoms with Gasteiger partial charge >= 0.3 is 6.55 Å². The molecule has 0 unspecified atom stereocenters. The summed E-state index contributed by atoms with van der Waals surface area (Å²) in [4.78, 5) is 3.89. The molecule has 18 heavy (non-hydrogen) atoms. The topological polar surface area (TPSA) is 50.1 Å². The molecule has 0 aliphatic carbocycles. The van der Waals surface area contributed by atoms with Gasteiger partial charge in [0.2, 0.25) is 0 Å². The Labute approximate surface area is 106 Å². The molecule has 0 saturated heterocycles. The summed E-state index contributed by atoms with van der Waals surface area (Å²) < 4.78 is 26.0.